The number of hydrazone groups is 1. The Labute approximate surface area is 203 Å². The number of rotatable bonds is 7. The first kappa shape index (κ1) is 23.5. The molecule has 2 aromatic carbocycles. The average molecular weight is 531 g/mol. The zero-order valence-corrected chi connectivity index (χ0v) is 19.7. The summed E-state index contributed by atoms with van der Waals surface area (Å²) in [4.78, 5) is 32.0. The van der Waals surface area contributed by atoms with Crippen LogP contribution in [0, 0.1) is 0 Å². The molecular formula is C22H23BrN6O5. The molecule has 0 aromatic heterocycles. The van der Waals surface area contributed by atoms with Crippen LogP contribution in [0.4, 0.5) is 4.79 Å². The Hall–Kier alpha value is -3.64. The summed E-state index contributed by atoms with van der Waals surface area (Å²) in [6.45, 7) is -0.0241. The fourth-order valence-electron chi connectivity index (χ4n) is 3.60. The van der Waals surface area contributed by atoms with E-state index in [0.717, 1.165) is 4.47 Å². The largest absolute Gasteiger partial charge is 0.507 e. The number of aromatic hydroxyl groups is 1. The number of carbonyl (C=O) groups excluding carboxylic acids is 2. The van der Waals surface area contributed by atoms with Gasteiger partial charge in [-0.25, -0.2) is 15.2 Å². The van der Waals surface area contributed by atoms with Crippen LogP contribution in [0.3, 0.4) is 0 Å². The second kappa shape index (κ2) is 10.1. The standard InChI is InChI=1S/C22H23BrN6O5/c1-28-19-18(20(32)26-22(28)33)29(11-15(30)12-34-16-5-3-2-4-6-16)21(25-19)27-24-10-13-9-14(23)7-8-17(13)31/h2-10,15,18-19,30-31H,11-12H2,1H3,(H,25,27)(H,26,32,33)/b24-10+. The van der Waals surface area contributed by atoms with Gasteiger partial charge in [-0.15, -0.1) is 0 Å². The first-order valence-electron chi connectivity index (χ1n) is 10.4. The lowest BCUT2D eigenvalue weighted by Crippen LogP contribution is -2.64. The molecule has 11 nitrogen and oxygen atoms in total. The highest BCUT2D eigenvalue weighted by Gasteiger charge is 2.49. The summed E-state index contributed by atoms with van der Waals surface area (Å²) < 4.78 is 6.37. The van der Waals surface area contributed by atoms with Gasteiger partial charge in [-0.05, 0) is 30.3 Å². The lowest BCUT2D eigenvalue weighted by molar-refractivity contribution is -0.127. The van der Waals surface area contributed by atoms with E-state index in [4.69, 9.17) is 4.74 Å². The fraction of sp³-hybridized carbons (Fsp3) is 0.273. The molecule has 3 amide bonds. The summed E-state index contributed by atoms with van der Waals surface area (Å²) >= 11 is 3.34. The number of fused-ring (bicyclic) bond motifs is 1. The zero-order valence-electron chi connectivity index (χ0n) is 18.1. The number of nitrogens with one attached hydrogen (secondary N) is 2. The molecule has 0 radical (unpaired) electrons. The zero-order chi connectivity index (χ0) is 24.2. The van der Waals surface area contributed by atoms with Crippen LogP contribution in [-0.2, 0) is 4.79 Å². The molecular weight excluding hydrogens is 508 g/mol. The van der Waals surface area contributed by atoms with Gasteiger partial charge in [0.25, 0.3) is 5.91 Å². The number of likely N-dealkylation sites (N-methyl/N-ethyl adjacent to an activating group) is 1. The number of aliphatic hydroxyl groups excluding tert-OH is 1. The van der Waals surface area contributed by atoms with Gasteiger partial charge in [-0.2, -0.15) is 5.10 Å². The second-order valence-corrected chi connectivity index (χ2v) is 8.64. The minimum Gasteiger partial charge on any atom is -0.507 e. The maximum atomic E-state index is 12.6. The monoisotopic (exact) mass is 530 g/mol. The number of phenolic OH excluding ortho intramolecular Hbond substituents is 1. The smallest absolute Gasteiger partial charge is 0.325 e. The van der Waals surface area contributed by atoms with Gasteiger partial charge in [0.05, 0.1) is 12.8 Å². The highest BCUT2D eigenvalue weighted by Crippen LogP contribution is 2.24. The van der Waals surface area contributed by atoms with Crippen LogP contribution in [-0.4, -0.2) is 82.6 Å². The maximum absolute atomic E-state index is 12.6. The molecule has 3 atom stereocenters. The van der Waals surface area contributed by atoms with Gasteiger partial charge in [0.1, 0.15) is 24.2 Å². The number of aliphatic imine (C=N–C) groups is 1. The fourth-order valence-corrected chi connectivity index (χ4v) is 3.97. The summed E-state index contributed by atoms with van der Waals surface area (Å²) in [6, 6.07) is 12.5. The number of nitrogens with zero attached hydrogens (tertiary/aromatic N) is 4. The molecule has 34 heavy (non-hydrogen) atoms. The normalized spacial score (nSPS) is 20.7. The number of halogens is 1. The molecule has 2 aromatic rings. The van der Waals surface area contributed by atoms with Crippen molar-refractivity contribution in [1.82, 2.24) is 20.5 Å². The molecule has 178 valence electrons. The number of phenols is 1. The van der Waals surface area contributed by atoms with Crippen LogP contribution in [0.25, 0.3) is 0 Å². The van der Waals surface area contributed by atoms with E-state index in [0.29, 0.717) is 11.3 Å². The lowest BCUT2D eigenvalue weighted by atomic mass is 10.1. The Morgan fingerprint density at radius 3 is 2.82 bits per heavy atom. The summed E-state index contributed by atoms with van der Waals surface area (Å²) in [6.07, 6.45) is -0.368. The first-order valence-corrected chi connectivity index (χ1v) is 11.2. The number of urea groups is 1. The number of imide groups is 1. The summed E-state index contributed by atoms with van der Waals surface area (Å²) in [5, 5.41) is 27.0. The number of hydrogen-bond acceptors (Lipinski definition) is 9. The molecule has 12 heteroatoms. The van der Waals surface area contributed by atoms with Crippen molar-refractivity contribution < 1.29 is 24.5 Å². The molecule has 1 fully saturated rings. The van der Waals surface area contributed by atoms with E-state index < -0.39 is 30.2 Å². The van der Waals surface area contributed by atoms with Crippen molar-refractivity contribution in [3.63, 3.8) is 0 Å². The quantitative estimate of drug-likeness (QED) is 0.310. The van der Waals surface area contributed by atoms with Crippen LogP contribution in [0.5, 0.6) is 11.5 Å². The first-order chi connectivity index (χ1) is 16.3. The van der Waals surface area contributed by atoms with Crippen LogP contribution in [0.15, 0.2) is 63.1 Å². The molecule has 4 rings (SSSR count). The Morgan fingerprint density at radius 1 is 1.29 bits per heavy atom. The molecule has 0 bridgehead atoms. The summed E-state index contributed by atoms with van der Waals surface area (Å²) in [7, 11) is 1.53. The molecule has 0 saturated carbocycles. The van der Waals surface area contributed by atoms with E-state index in [2.05, 4.69) is 36.8 Å². The molecule has 2 aliphatic heterocycles. The van der Waals surface area contributed by atoms with E-state index in [-0.39, 0.29) is 24.9 Å². The van der Waals surface area contributed by atoms with Gasteiger partial charge < -0.3 is 24.7 Å². The van der Waals surface area contributed by atoms with Crippen molar-refractivity contribution in [2.24, 2.45) is 10.1 Å². The number of para-hydroxylation sites is 1. The Morgan fingerprint density at radius 2 is 2.06 bits per heavy atom. The Bertz CT molecular complexity index is 1130. The van der Waals surface area contributed by atoms with Crippen molar-refractivity contribution in [2.45, 2.75) is 18.3 Å². The minimum atomic E-state index is -0.972. The van der Waals surface area contributed by atoms with Gasteiger partial charge in [-0.3, -0.25) is 10.1 Å². The van der Waals surface area contributed by atoms with Gasteiger partial charge in [0.2, 0.25) is 5.96 Å². The highest BCUT2D eigenvalue weighted by molar-refractivity contribution is 9.10. The van der Waals surface area contributed by atoms with E-state index in [9.17, 15) is 19.8 Å². The number of guanidine groups is 1. The average Bonchev–Trinajstić information content (AvgIpc) is 3.18. The molecule has 2 aliphatic rings. The predicted octanol–water partition coefficient (Wildman–Crippen LogP) is 1.07. The van der Waals surface area contributed by atoms with Crippen molar-refractivity contribution in [2.75, 3.05) is 20.2 Å². The number of ether oxygens (including phenoxy) is 1. The minimum absolute atomic E-state index is 0.00700. The Balaban J connectivity index is 1.50. The van der Waals surface area contributed by atoms with Crippen molar-refractivity contribution in [3.8, 4) is 11.5 Å². The predicted molar refractivity (Wildman–Crippen MR) is 127 cm³/mol. The van der Waals surface area contributed by atoms with E-state index in [1.807, 2.05) is 18.2 Å². The number of amides is 3. The number of benzene rings is 2. The topological polar surface area (TPSA) is 139 Å². The molecule has 1 saturated heterocycles. The van der Waals surface area contributed by atoms with E-state index in [1.54, 1.807) is 29.2 Å². The van der Waals surface area contributed by atoms with Gasteiger partial charge in [-0.1, -0.05) is 34.1 Å². The highest BCUT2D eigenvalue weighted by atomic mass is 79.9. The van der Waals surface area contributed by atoms with E-state index in [1.165, 1.54) is 24.2 Å². The number of β-amino-alcohol motifs (C(OH)–C–C–N with tert-alkyl or cyclic N) is 1. The SMILES string of the molecule is CN1C(=O)NC(=O)C2C1N=C(N/N=C/c1cc(Br)ccc1O)N2CC(O)COc1ccccc1. The number of hydrogen-bond donors (Lipinski definition) is 4. The van der Waals surface area contributed by atoms with Crippen LogP contribution in [0.2, 0.25) is 0 Å². The summed E-state index contributed by atoms with van der Waals surface area (Å²) in [5.74, 6) is 0.299. The van der Waals surface area contributed by atoms with Crippen LogP contribution < -0.4 is 15.5 Å². The van der Waals surface area contributed by atoms with Gasteiger partial charge in [0.15, 0.2) is 12.2 Å². The molecule has 0 aliphatic carbocycles. The maximum Gasteiger partial charge on any atom is 0.325 e. The molecule has 2 heterocycles. The van der Waals surface area contributed by atoms with Gasteiger partial charge in [0, 0.05) is 17.1 Å². The van der Waals surface area contributed by atoms with Crippen molar-refractivity contribution >= 4 is 40.0 Å². The van der Waals surface area contributed by atoms with Crippen molar-refractivity contribution in [3.05, 3.63) is 58.6 Å². The summed E-state index contributed by atoms with van der Waals surface area (Å²) in [5.41, 5.74) is 3.22. The molecule has 3 unspecified atom stereocenters. The lowest BCUT2D eigenvalue weighted by Gasteiger charge is -2.36. The van der Waals surface area contributed by atoms with Crippen LogP contribution in [0.1, 0.15) is 5.56 Å². The number of carbonyl (C=O) groups is 2. The third-order valence-corrected chi connectivity index (χ3v) is 5.80. The molecule has 4 N–H and O–H groups in total. The number of aliphatic hydroxyl groups is 1. The van der Waals surface area contributed by atoms with Crippen LogP contribution >= 0.6 is 15.9 Å². The molecule has 0 spiro atoms. The Kier molecular flexibility index (Phi) is 6.98. The third kappa shape index (κ3) is 5.13. The van der Waals surface area contributed by atoms with E-state index >= 15 is 0 Å². The van der Waals surface area contributed by atoms with Gasteiger partial charge >= 0.3 is 6.03 Å². The third-order valence-electron chi connectivity index (χ3n) is 5.31. The second-order valence-electron chi connectivity index (χ2n) is 7.72. The van der Waals surface area contributed by atoms with Crippen molar-refractivity contribution in [1.29, 1.82) is 0 Å².